The fourth-order valence-corrected chi connectivity index (χ4v) is 3.94. The molecule has 1 aromatic heterocycles. The van der Waals surface area contributed by atoms with Gasteiger partial charge < -0.3 is 14.5 Å². The topological polar surface area (TPSA) is 86.9 Å². The lowest BCUT2D eigenvalue weighted by Crippen LogP contribution is -2.60. The van der Waals surface area contributed by atoms with Gasteiger partial charge in [-0.3, -0.25) is 9.69 Å². The number of carbonyl (C=O) groups is 2. The van der Waals surface area contributed by atoms with Crippen LogP contribution in [0.3, 0.4) is 0 Å². The summed E-state index contributed by atoms with van der Waals surface area (Å²) in [4.78, 5) is 25.5. The minimum absolute atomic E-state index is 0.0482. The molecule has 2 saturated heterocycles. The summed E-state index contributed by atoms with van der Waals surface area (Å²) in [5.41, 5.74) is 2.24. The van der Waals surface area contributed by atoms with E-state index in [9.17, 15) is 18.0 Å². The molecule has 0 radical (unpaired) electrons. The molecule has 1 N–H and O–H groups in total. The van der Waals surface area contributed by atoms with Gasteiger partial charge in [-0.15, -0.1) is 0 Å². The van der Waals surface area contributed by atoms with Crippen molar-refractivity contribution in [3.8, 4) is 0 Å². The molecule has 3 rings (SSSR count). The molecule has 28 heavy (non-hydrogen) atoms. The van der Waals surface area contributed by atoms with Crippen LogP contribution in [-0.2, 0) is 16.1 Å². The van der Waals surface area contributed by atoms with Crippen molar-refractivity contribution in [1.29, 1.82) is 0 Å². The van der Waals surface area contributed by atoms with Crippen molar-refractivity contribution in [1.82, 2.24) is 15.0 Å². The molecule has 1 amide bonds. The fourth-order valence-electron chi connectivity index (χ4n) is 3.94. The Kier molecular flexibility index (Phi) is 6.74. The number of carboxylic acid groups (broad SMARTS) is 1. The Hall–Kier alpha value is -2.10. The van der Waals surface area contributed by atoms with Crippen LogP contribution in [0.1, 0.15) is 49.1 Å². The zero-order valence-corrected chi connectivity index (χ0v) is 16.3. The van der Waals surface area contributed by atoms with E-state index in [2.05, 4.69) is 10.1 Å². The molecular formula is C18H26F3N3O4. The number of likely N-dealkylation sites (tertiary alicyclic amines) is 2. The average molecular weight is 405 g/mol. The molecule has 0 bridgehead atoms. The maximum absolute atomic E-state index is 12.1. The van der Waals surface area contributed by atoms with Crippen LogP contribution in [0.5, 0.6) is 0 Å². The average Bonchev–Trinajstić information content (AvgIpc) is 2.92. The van der Waals surface area contributed by atoms with Gasteiger partial charge in [0.15, 0.2) is 0 Å². The van der Waals surface area contributed by atoms with Crippen molar-refractivity contribution < 1.29 is 32.4 Å². The number of likely N-dealkylation sites (N-methyl/N-ethyl adjacent to an activating group) is 1. The third-order valence-corrected chi connectivity index (χ3v) is 5.56. The number of carboxylic acids is 1. The van der Waals surface area contributed by atoms with E-state index >= 15 is 0 Å². The van der Waals surface area contributed by atoms with Crippen LogP contribution in [-0.4, -0.2) is 63.8 Å². The van der Waals surface area contributed by atoms with E-state index in [-0.39, 0.29) is 5.54 Å². The van der Waals surface area contributed by atoms with Gasteiger partial charge in [-0.2, -0.15) is 13.2 Å². The second kappa shape index (κ2) is 8.50. The minimum atomic E-state index is -5.08. The lowest BCUT2D eigenvalue weighted by molar-refractivity contribution is -0.192. The first-order valence-corrected chi connectivity index (χ1v) is 9.17. The highest BCUT2D eigenvalue weighted by Gasteiger charge is 2.43. The van der Waals surface area contributed by atoms with Gasteiger partial charge in [-0.05, 0) is 46.1 Å². The molecule has 2 aliphatic heterocycles. The number of aromatic nitrogens is 1. The number of aliphatic carboxylic acids is 1. The number of nitrogens with zero attached hydrogens (tertiary/aromatic N) is 3. The summed E-state index contributed by atoms with van der Waals surface area (Å²) in [6, 6.07) is 0. The van der Waals surface area contributed by atoms with Crippen molar-refractivity contribution >= 4 is 11.9 Å². The van der Waals surface area contributed by atoms with Gasteiger partial charge in [0.1, 0.15) is 5.76 Å². The lowest BCUT2D eigenvalue weighted by Gasteiger charge is -2.50. The monoisotopic (exact) mass is 405 g/mol. The number of piperidine rings is 2. The van der Waals surface area contributed by atoms with Gasteiger partial charge in [0.25, 0.3) is 0 Å². The Morgan fingerprint density at radius 1 is 1.29 bits per heavy atom. The van der Waals surface area contributed by atoms with Crippen LogP contribution in [0.15, 0.2) is 4.52 Å². The SMILES string of the molecule is Cc1noc(C)c1CN1CCCC2(CCCC(=O)N2C)C1.O=C(O)C(F)(F)F. The second-order valence-corrected chi connectivity index (χ2v) is 7.45. The normalized spacial score (nSPS) is 23.5. The highest BCUT2D eigenvalue weighted by molar-refractivity contribution is 5.77. The van der Waals surface area contributed by atoms with Crippen LogP contribution in [0.2, 0.25) is 0 Å². The Bertz CT molecular complexity index is 696. The Morgan fingerprint density at radius 3 is 2.43 bits per heavy atom. The van der Waals surface area contributed by atoms with E-state index in [1.165, 1.54) is 5.56 Å². The lowest BCUT2D eigenvalue weighted by atomic mass is 9.80. The van der Waals surface area contributed by atoms with E-state index in [1.807, 2.05) is 25.8 Å². The molecule has 0 saturated carbocycles. The van der Waals surface area contributed by atoms with E-state index < -0.39 is 12.1 Å². The maximum atomic E-state index is 12.1. The molecule has 0 aliphatic carbocycles. The number of rotatable bonds is 2. The van der Waals surface area contributed by atoms with Crippen LogP contribution in [0.4, 0.5) is 13.2 Å². The molecule has 3 heterocycles. The van der Waals surface area contributed by atoms with E-state index in [0.29, 0.717) is 12.3 Å². The van der Waals surface area contributed by atoms with Crippen LogP contribution in [0.25, 0.3) is 0 Å². The zero-order chi connectivity index (χ0) is 21.1. The van der Waals surface area contributed by atoms with Gasteiger partial charge in [0.2, 0.25) is 5.91 Å². The molecule has 10 heteroatoms. The number of hydrogen-bond donors (Lipinski definition) is 1. The molecule has 158 valence electrons. The number of halogens is 3. The fraction of sp³-hybridized carbons (Fsp3) is 0.722. The Labute approximate surface area is 161 Å². The highest BCUT2D eigenvalue weighted by atomic mass is 19.4. The largest absolute Gasteiger partial charge is 0.490 e. The number of hydrogen-bond acceptors (Lipinski definition) is 5. The number of carbonyl (C=O) groups excluding carboxylic acids is 1. The summed E-state index contributed by atoms with van der Waals surface area (Å²) in [6.07, 6.45) is 0.0755. The van der Waals surface area contributed by atoms with Gasteiger partial charge in [-0.25, -0.2) is 4.79 Å². The minimum Gasteiger partial charge on any atom is -0.475 e. The van der Waals surface area contributed by atoms with Crippen molar-refractivity contribution in [2.24, 2.45) is 0 Å². The maximum Gasteiger partial charge on any atom is 0.490 e. The molecular weight excluding hydrogens is 379 g/mol. The van der Waals surface area contributed by atoms with Crippen LogP contribution < -0.4 is 0 Å². The molecule has 1 atom stereocenters. The van der Waals surface area contributed by atoms with E-state index in [1.54, 1.807) is 0 Å². The summed E-state index contributed by atoms with van der Waals surface area (Å²) in [5, 5.41) is 11.2. The summed E-state index contributed by atoms with van der Waals surface area (Å²) in [7, 11) is 1.99. The van der Waals surface area contributed by atoms with Gasteiger partial charge in [-0.1, -0.05) is 5.16 Å². The smallest absolute Gasteiger partial charge is 0.475 e. The molecule has 1 aromatic rings. The summed E-state index contributed by atoms with van der Waals surface area (Å²) in [5.74, 6) is -1.53. The molecule has 2 fully saturated rings. The quantitative estimate of drug-likeness (QED) is 0.814. The predicted octanol–water partition coefficient (Wildman–Crippen LogP) is 2.90. The number of alkyl halides is 3. The van der Waals surface area contributed by atoms with Crippen LogP contribution in [0, 0.1) is 13.8 Å². The van der Waals surface area contributed by atoms with Crippen molar-refractivity contribution in [2.45, 2.75) is 64.2 Å². The zero-order valence-electron chi connectivity index (χ0n) is 16.3. The third kappa shape index (κ3) is 5.03. The number of aryl methyl sites for hydroxylation is 2. The Balaban J connectivity index is 0.000000345. The summed E-state index contributed by atoms with van der Waals surface area (Å²) < 4.78 is 37.0. The molecule has 1 spiro atoms. The third-order valence-electron chi connectivity index (χ3n) is 5.56. The predicted molar refractivity (Wildman–Crippen MR) is 93.5 cm³/mol. The summed E-state index contributed by atoms with van der Waals surface area (Å²) in [6.45, 7) is 6.92. The van der Waals surface area contributed by atoms with Gasteiger partial charge in [0, 0.05) is 32.1 Å². The second-order valence-electron chi connectivity index (χ2n) is 7.45. The standard InChI is InChI=1S/C16H25N3O2.C2HF3O2/c1-12-14(13(2)21-17-12)10-19-9-5-8-16(11-19)7-4-6-15(20)18(16)3;3-2(4,5)1(6)7/h4-11H2,1-3H3;(H,6,7). The van der Waals surface area contributed by atoms with E-state index in [0.717, 1.165) is 56.8 Å². The van der Waals surface area contributed by atoms with Gasteiger partial charge in [0.05, 0.1) is 11.2 Å². The van der Waals surface area contributed by atoms with Crippen LogP contribution >= 0.6 is 0 Å². The van der Waals surface area contributed by atoms with Crippen molar-refractivity contribution in [3.05, 3.63) is 17.0 Å². The number of amides is 1. The molecule has 7 nitrogen and oxygen atoms in total. The Morgan fingerprint density at radius 2 is 1.89 bits per heavy atom. The first kappa shape index (κ1) is 22.2. The van der Waals surface area contributed by atoms with Gasteiger partial charge >= 0.3 is 12.1 Å². The highest BCUT2D eigenvalue weighted by Crippen LogP contribution is 2.36. The molecule has 0 aromatic carbocycles. The first-order chi connectivity index (χ1) is 13.0. The van der Waals surface area contributed by atoms with E-state index in [4.69, 9.17) is 14.4 Å². The van der Waals surface area contributed by atoms with Crippen molar-refractivity contribution in [2.75, 3.05) is 20.1 Å². The first-order valence-electron chi connectivity index (χ1n) is 9.17. The molecule has 1 unspecified atom stereocenters. The summed E-state index contributed by atoms with van der Waals surface area (Å²) >= 11 is 0. The molecule has 2 aliphatic rings. The van der Waals surface area contributed by atoms with Crippen molar-refractivity contribution in [3.63, 3.8) is 0 Å².